The fourth-order valence-electron chi connectivity index (χ4n) is 4.73. The smallest absolute Gasteiger partial charge is 0.358 e. The van der Waals surface area contributed by atoms with Gasteiger partial charge in [0.1, 0.15) is 0 Å². The van der Waals surface area contributed by atoms with Gasteiger partial charge in [-0.25, -0.2) is 19.4 Å². The zero-order valence-electron chi connectivity index (χ0n) is 23.0. The molecule has 41 heavy (non-hydrogen) atoms. The second kappa shape index (κ2) is 16.9. The van der Waals surface area contributed by atoms with Crippen molar-refractivity contribution in [2.24, 2.45) is 11.8 Å². The molecule has 0 aliphatic rings. The summed E-state index contributed by atoms with van der Waals surface area (Å²) in [5.74, 6) is -4.17. The third-order valence-electron chi connectivity index (χ3n) is 7.08. The second-order valence-corrected chi connectivity index (χ2v) is 10.2. The minimum atomic E-state index is -1.03. The van der Waals surface area contributed by atoms with Crippen LogP contribution in [0.4, 0.5) is 0 Å². The van der Waals surface area contributed by atoms with Crippen LogP contribution in [0.15, 0.2) is 91.0 Å². The predicted molar refractivity (Wildman–Crippen MR) is 152 cm³/mol. The number of carboxylic acids is 1. The molecule has 4 atom stereocenters. The SMILES string of the molecule is O=C(CCCc1ccccc1)OOC(=O)C(CCCC(CC(O)c1ccccc1)C(=O)O)CC(O)c1ccccc1. The van der Waals surface area contributed by atoms with E-state index in [0.29, 0.717) is 30.4 Å². The number of aliphatic hydroxyl groups excluding tert-OH is 2. The Labute approximate surface area is 240 Å². The number of aryl methyl sites for hydroxylation is 1. The summed E-state index contributed by atoms with van der Waals surface area (Å²) in [7, 11) is 0. The average Bonchev–Trinajstić information content (AvgIpc) is 3.00. The molecule has 3 rings (SSSR count). The number of hydrogen-bond donors (Lipinski definition) is 3. The van der Waals surface area contributed by atoms with Gasteiger partial charge < -0.3 is 15.3 Å². The quantitative estimate of drug-likeness (QED) is 0.149. The molecule has 0 aromatic heterocycles. The number of carbonyl (C=O) groups is 3. The van der Waals surface area contributed by atoms with Gasteiger partial charge >= 0.3 is 17.9 Å². The Morgan fingerprint density at radius 2 is 1.12 bits per heavy atom. The van der Waals surface area contributed by atoms with Gasteiger partial charge in [0.25, 0.3) is 0 Å². The van der Waals surface area contributed by atoms with Crippen molar-refractivity contribution in [1.29, 1.82) is 0 Å². The van der Waals surface area contributed by atoms with E-state index >= 15 is 0 Å². The van der Waals surface area contributed by atoms with Crippen LogP contribution in [0.5, 0.6) is 0 Å². The van der Waals surface area contributed by atoms with Gasteiger partial charge in [-0.2, -0.15) is 0 Å². The van der Waals surface area contributed by atoms with E-state index in [2.05, 4.69) is 0 Å². The molecule has 0 fully saturated rings. The molecule has 218 valence electrons. The van der Waals surface area contributed by atoms with Crippen molar-refractivity contribution in [2.45, 2.75) is 63.6 Å². The highest BCUT2D eigenvalue weighted by Gasteiger charge is 2.28. The molecule has 8 heteroatoms. The second-order valence-electron chi connectivity index (χ2n) is 10.2. The number of rotatable bonds is 16. The summed E-state index contributed by atoms with van der Waals surface area (Å²) in [5, 5.41) is 31.0. The van der Waals surface area contributed by atoms with E-state index in [1.807, 2.05) is 42.5 Å². The molecule has 0 heterocycles. The summed E-state index contributed by atoms with van der Waals surface area (Å²) in [4.78, 5) is 46.6. The molecule has 0 saturated heterocycles. The van der Waals surface area contributed by atoms with E-state index in [1.165, 1.54) is 0 Å². The Morgan fingerprint density at radius 3 is 1.66 bits per heavy atom. The standard InChI is InChI=1S/C33H38O8/c34-29(25-15-6-2-7-16-25)22-27(32(37)38)19-11-20-28(23-30(35)26-17-8-3-9-18-26)33(39)41-40-31(36)21-10-14-24-12-4-1-5-13-24/h1-9,12-13,15-18,27-30,34-35H,10-11,14,19-23H2,(H,37,38). The summed E-state index contributed by atoms with van der Waals surface area (Å²) in [6, 6.07) is 27.4. The zero-order chi connectivity index (χ0) is 29.5. The van der Waals surface area contributed by atoms with Crippen molar-refractivity contribution in [3.8, 4) is 0 Å². The summed E-state index contributed by atoms with van der Waals surface area (Å²) < 4.78 is 0. The normalized spacial score (nSPS) is 13.9. The Bertz CT molecular complexity index is 1200. The number of aliphatic hydroxyl groups is 2. The molecule has 3 aromatic carbocycles. The molecule has 0 bridgehead atoms. The number of aliphatic carboxylic acids is 1. The van der Waals surface area contributed by atoms with Crippen molar-refractivity contribution in [3.63, 3.8) is 0 Å². The maximum Gasteiger partial charge on any atom is 0.358 e. The van der Waals surface area contributed by atoms with Crippen LogP contribution in [-0.4, -0.2) is 33.2 Å². The first kappa shape index (κ1) is 31.5. The molecule has 0 aliphatic heterocycles. The Morgan fingerprint density at radius 1 is 0.634 bits per heavy atom. The van der Waals surface area contributed by atoms with Crippen LogP contribution in [0.25, 0.3) is 0 Å². The highest BCUT2D eigenvalue weighted by Crippen LogP contribution is 2.29. The van der Waals surface area contributed by atoms with E-state index in [0.717, 1.165) is 5.56 Å². The number of carbonyl (C=O) groups excluding carboxylic acids is 2. The maximum absolute atomic E-state index is 12.9. The lowest BCUT2D eigenvalue weighted by molar-refractivity contribution is -0.263. The van der Waals surface area contributed by atoms with Gasteiger partial charge in [0.15, 0.2) is 0 Å². The van der Waals surface area contributed by atoms with Crippen molar-refractivity contribution < 1.29 is 39.5 Å². The summed E-state index contributed by atoms with van der Waals surface area (Å²) in [5.41, 5.74) is 2.34. The molecular formula is C33H38O8. The van der Waals surface area contributed by atoms with E-state index in [1.54, 1.807) is 48.5 Å². The van der Waals surface area contributed by atoms with Crippen molar-refractivity contribution in [1.82, 2.24) is 0 Å². The summed E-state index contributed by atoms with van der Waals surface area (Å²) in [6.07, 6.45) is 0.171. The molecule has 0 aliphatic carbocycles. The molecule has 8 nitrogen and oxygen atoms in total. The molecule has 0 radical (unpaired) electrons. The lowest BCUT2D eigenvalue weighted by Crippen LogP contribution is -2.23. The molecule has 0 spiro atoms. The number of benzene rings is 3. The lowest BCUT2D eigenvalue weighted by atomic mass is 9.88. The minimum Gasteiger partial charge on any atom is -0.481 e. The highest BCUT2D eigenvalue weighted by molar-refractivity contribution is 5.74. The fourth-order valence-corrected chi connectivity index (χ4v) is 4.73. The van der Waals surface area contributed by atoms with Crippen LogP contribution in [0.3, 0.4) is 0 Å². The lowest BCUT2D eigenvalue weighted by Gasteiger charge is -2.20. The van der Waals surface area contributed by atoms with Crippen LogP contribution < -0.4 is 0 Å². The molecule has 0 saturated carbocycles. The van der Waals surface area contributed by atoms with Crippen molar-refractivity contribution in [3.05, 3.63) is 108 Å². The van der Waals surface area contributed by atoms with Gasteiger partial charge in [0.2, 0.25) is 0 Å². The molecular weight excluding hydrogens is 524 g/mol. The average molecular weight is 563 g/mol. The maximum atomic E-state index is 12.9. The first-order valence-electron chi connectivity index (χ1n) is 14.0. The van der Waals surface area contributed by atoms with E-state index in [9.17, 15) is 29.7 Å². The topological polar surface area (TPSA) is 130 Å². The third-order valence-corrected chi connectivity index (χ3v) is 7.08. The van der Waals surface area contributed by atoms with Crippen LogP contribution >= 0.6 is 0 Å². The molecule has 4 unspecified atom stereocenters. The van der Waals surface area contributed by atoms with Crippen LogP contribution in [0.1, 0.15) is 73.8 Å². The van der Waals surface area contributed by atoms with Crippen molar-refractivity contribution >= 4 is 17.9 Å². The number of hydrogen-bond acceptors (Lipinski definition) is 7. The van der Waals surface area contributed by atoms with Gasteiger partial charge in [-0.15, -0.1) is 0 Å². The first-order chi connectivity index (χ1) is 19.8. The van der Waals surface area contributed by atoms with Gasteiger partial charge in [0, 0.05) is 0 Å². The molecule has 3 aromatic rings. The minimum absolute atomic E-state index is 0.0127. The fraction of sp³-hybridized carbons (Fsp3) is 0.364. The summed E-state index contributed by atoms with van der Waals surface area (Å²) in [6.45, 7) is 0. The monoisotopic (exact) mass is 562 g/mol. The summed E-state index contributed by atoms with van der Waals surface area (Å²) >= 11 is 0. The van der Waals surface area contributed by atoms with Gasteiger partial charge in [-0.05, 0) is 55.2 Å². The Hall–Kier alpha value is -4.01. The van der Waals surface area contributed by atoms with Gasteiger partial charge in [0.05, 0.1) is 30.5 Å². The van der Waals surface area contributed by atoms with Crippen LogP contribution in [0, 0.1) is 11.8 Å². The van der Waals surface area contributed by atoms with Crippen LogP contribution in [-0.2, 0) is 30.6 Å². The van der Waals surface area contributed by atoms with Gasteiger partial charge in [-0.1, -0.05) is 97.4 Å². The Kier molecular flexibility index (Phi) is 13.0. The van der Waals surface area contributed by atoms with Crippen molar-refractivity contribution in [2.75, 3.05) is 0 Å². The largest absolute Gasteiger partial charge is 0.481 e. The first-order valence-corrected chi connectivity index (χ1v) is 14.0. The van der Waals surface area contributed by atoms with Crippen LogP contribution in [0.2, 0.25) is 0 Å². The number of carboxylic acid groups (broad SMARTS) is 1. The van der Waals surface area contributed by atoms with Gasteiger partial charge in [-0.3, -0.25) is 4.79 Å². The molecule has 0 amide bonds. The highest BCUT2D eigenvalue weighted by atomic mass is 17.2. The van der Waals surface area contributed by atoms with E-state index in [-0.39, 0.29) is 32.1 Å². The van der Waals surface area contributed by atoms with E-state index < -0.39 is 42.0 Å². The Balaban J connectivity index is 1.54. The predicted octanol–water partition coefficient (Wildman–Crippen LogP) is 5.75. The third kappa shape index (κ3) is 11.2. The molecule has 3 N–H and O–H groups in total. The zero-order valence-corrected chi connectivity index (χ0v) is 23.0. The van der Waals surface area contributed by atoms with E-state index in [4.69, 9.17) is 9.78 Å².